The predicted molar refractivity (Wildman–Crippen MR) is 77.5 cm³/mol. The minimum absolute atomic E-state index is 0.0809. The highest BCUT2D eigenvalue weighted by molar-refractivity contribution is 6.31. The molecule has 2 aliphatic carbocycles. The lowest BCUT2D eigenvalue weighted by Gasteiger charge is -2.20. The third-order valence-electron chi connectivity index (χ3n) is 4.79. The Balaban J connectivity index is 1.72. The second-order valence-electron chi connectivity index (χ2n) is 6.05. The van der Waals surface area contributed by atoms with E-state index in [9.17, 15) is 10.4 Å². The van der Waals surface area contributed by atoms with Gasteiger partial charge in [0.1, 0.15) is 0 Å². The van der Waals surface area contributed by atoms with Gasteiger partial charge in [0.2, 0.25) is 5.10 Å². The Morgan fingerprint density at radius 1 is 1.19 bits per heavy atom. The highest BCUT2D eigenvalue weighted by atomic mass is 35.5. The molecule has 1 heterocycles. The van der Waals surface area contributed by atoms with E-state index in [1.54, 1.807) is 12.1 Å². The van der Waals surface area contributed by atoms with E-state index in [4.69, 9.17) is 11.6 Å². The van der Waals surface area contributed by atoms with Crippen LogP contribution in [0.25, 0.3) is 11.0 Å². The van der Waals surface area contributed by atoms with E-state index in [1.807, 2.05) is 0 Å². The third kappa shape index (κ3) is 2.05. The summed E-state index contributed by atoms with van der Waals surface area (Å²) in [4.78, 5) is 0.463. The molecule has 2 aromatic rings. The number of nitrogens with one attached hydrogen (secondary N) is 1. The van der Waals surface area contributed by atoms with Gasteiger partial charge in [0, 0.05) is 15.9 Å². The number of hydrogen-bond acceptors (Lipinski definition) is 4. The van der Waals surface area contributed by atoms with Gasteiger partial charge in [0.25, 0.3) is 0 Å². The number of fused-ring (bicyclic) bond motifs is 3. The molecule has 4 rings (SSSR count). The van der Waals surface area contributed by atoms with Crippen LogP contribution in [-0.2, 0) is 0 Å². The highest BCUT2D eigenvalue weighted by Crippen LogP contribution is 2.45. The fourth-order valence-corrected chi connectivity index (χ4v) is 3.96. The zero-order valence-electron chi connectivity index (χ0n) is 11.3. The summed E-state index contributed by atoms with van der Waals surface area (Å²) in [6.07, 6.45) is 4.76. The molecule has 2 aliphatic rings. The summed E-state index contributed by atoms with van der Waals surface area (Å²) < 4.78 is 0.687. The number of nitrogens with zero attached hydrogens (tertiary/aromatic N) is 3. The number of halogens is 1. The lowest BCUT2D eigenvalue weighted by atomic mass is 9.95. The summed E-state index contributed by atoms with van der Waals surface area (Å²) in [5.41, 5.74) is 0.450. The number of rotatable bonds is 2. The van der Waals surface area contributed by atoms with E-state index in [0.29, 0.717) is 20.5 Å². The van der Waals surface area contributed by atoms with Crippen molar-refractivity contribution < 1.29 is 9.58 Å². The summed E-state index contributed by atoms with van der Waals surface area (Å²) in [5.74, 6) is 1.43. The summed E-state index contributed by atoms with van der Waals surface area (Å²) in [6, 6.07) is 4.85. The number of anilines is 1. The molecule has 0 radical (unpaired) electrons. The van der Waals surface area contributed by atoms with Crippen molar-refractivity contribution in [2.75, 3.05) is 5.32 Å². The topological polar surface area (TPSA) is 78.8 Å². The molecule has 3 atom stereocenters. The van der Waals surface area contributed by atoms with E-state index in [-0.39, 0.29) is 23.0 Å². The van der Waals surface area contributed by atoms with Crippen LogP contribution in [0.3, 0.4) is 0 Å². The average molecular weight is 307 g/mol. The Kier molecular flexibility index (Phi) is 2.82. The van der Waals surface area contributed by atoms with E-state index < -0.39 is 0 Å². The monoisotopic (exact) mass is 306 g/mol. The fourth-order valence-electron chi connectivity index (χ4n) is 3.79. The van der Waals surface area contributed by atoms with Crippen LogP contribution in [0.5, 0.6) is 0 Å². The highest BCUT2D eigenvalue weighted by Gasteiger charge is 2.42. The van der Waals surface area contributed by atoms with Crippen molar-refractivity contribution in [2.24, 2.45) is 11.8 Å². The van der Waals surface area contributed by atoms with Gasteiger partial charge in [-0.25, -0.2) is 4.73 Å². The number of aromatic nitrogens is 3. The molecule has 2 saturated carbocycles. The molecule has 1 aromatic carbocycles. The molecule has 0 saturated heterocycles. The average Bonchev–Trinajstić information content (AvgIpc) is 3.07. The molecule has 0 spiro atoms. The SMILES string of the molecule is [O-][n+]1nc(N[C@@H]2C[C@@H]3CC[C@@H]2C3)[n+]([O-])c2ccc(Cl)cc21. The van der Waals surface area contributed by atoms with Crippen LogP contribution in [0.4, 0.5) is 5.95 Å². The van der Waals surface area contributed by atoms with Gasteiger partial charge in [-0.2, -0.15) is 0 Å². The van der Waals surface area contributed by atoms with Crippen LogP contribution in [0.15, 0.2) is 18.2 Å². The summed E-state index contributed by atoms with van der Waals surface area (Å²) >= 11 is 5.86. The maximum absolute atomic E-state index is 12.4. The molecule has 1 aromatic heterocycles. The number of hydrogen-bond donors (Lipinski definition) is 1. The van der Waals surface area contributed by atoms with Gasteiger partial charge in [-0.3, -0.25) is 5.32 Å². The zero-order valence-corrected chi connectivity index (χ0v) is 12.1. The Morgan fingerprint density at radius 2 is 2.05 bits per heavy atom. The Hall–Kier alpha value is -1.82. The molecular weight excluding hydrogens is 292 g/mol. The summed E-state index contributed by atoms with van der Waals surface area (Å²) in [5, 5.41) is 31.8. The Labute approximate surface area is 126 Å². The molecule has 2 fully saturated rings. The minimum Gasteiger partial charge on any atom is -0.739 e. The predicted octanol–water partition coefficient (Wildman–Crippen LogP) is 1.76. The van der Waals surface area contributed by atoms with Gasteiger partial charge in [-0.05, 0) is 49.7 Å². The molecule has 0 aliphatic heterocycles. The van der Waals surface area contributed by atoms with Crippen LogP contribution in [0.1, 0.15) is 25.7 Å². The van der Waals surface area contributed by atoms with Crippen molar-refractivity contribution in [3.63, 3.8) is 0 Å². The van der Waals surface area contributed by atoms with Gasteiger partial charge >= 0.3 is 11.5 Å². The minimum atomic E-state index is 0.0809. The van der Waals surface area contributed by atoms with Crippen molar-refractivity contribution in [3.05, 3.63) is 33.6 Å². The van der Waals surface area contributed by atoms with E-state index >= 15 is 0 Å². The van der Waals surface area contributed by atoms with Gasteiger partial charge in [-0.15, -0.1) is 0 Å². The largest absolute Gasteiger partial charge is 0.739 e. The van der Waals surface area contributed by atoms with Crippen LogP contribution in [0.2, 0.25) is 5.02 Å². The standard InChI is InChI=1S/C14H15ClN4O2/c15-10-3-4-12-13(7-10)19(21)17-14(18(12)20)16-11-6-8-1-2-9(11)5-8/h3-4,7-9,11H,1-2,5-6H2,(H,16,17)/t8-,9-,11-/m1/s1. The number of benzene rings is 1. The second-order valence-corrected chi connectivity index (χ2v) is 6.49. The van der Waals surface area contributed by atoms with E-state index in [0.717, 1.165) is 12.3 Å². The van der Waals surface area contributed by atoms with Gasteiger partial charge in [0.15, 0.2) is 5.52 Å². The first kappa shape index (κ1) is 12.9. The Morgan fingerprint density at radius 3 is 2.76 bits per heavy atom. The zero-order chi connectivity index (χ0) is 14.6. The van der Waals surface area contributed by atoms with Crippen molar-refractivity contribution >= 4 is 28.6 Å². The normalized spacial score (nSPS) is 27.4. The molecule has 0 unspecified atom stereocenters. The maximum atomic E-state index is 12.4. The van der Waals surface area contributed by atoms with Gasteiger partial charge < -0.3 is 10.4 Å². The smallest absolute Gasteiger partial charge is 0.461 e. The van der Waals surface area contributed by atoms with Crippen molar-refractivity contribution in [2.45, 2.75) is 31.7 Å². The van der Waals surface area contributed by atoms with Crippen LogP contribution in [0, 0.1) is 22.3 Å². The third-order valence-corrected chi connectivity index (χ3v) is 5.03. The van der Waals surface area contributed by atoms with Crippen molar-refractivity contribution in [1.82, 2.24) is 5.10 Å². The Bertz CT molecular complexity index is 724. The molecule has 1 N–H and O–H groups in total. The molecule has 7 heteroatoms. The quantitative estimate of drug-likeness (QED) is 0.677. The molecule has 0 amide bonds. The van der Waals surface area contributed by atoms with Crippen molar-refractivity contribution in [3.8, 4) is 0 Å². The van der Waals surface area contributed by atoms with Gasteiger partial charge in [-0.1, -0.05) is 11.6 Å². The molecule has 2 bridgehead atoms. The summed E-state index contributed by atoms with van der Waals surface area (Å²) in [7, 11) is 0. The molecule has 6 nitrogen and oxygen atoms in total. The summed E-state index contributed by atoms with van der Waals surface area (Å²) in [6.45, 7) is 0. The van der Waals surface area contributed by atoms with Crippen molar-refractivity contribution in [1.29, 1.82) is 0 Å². The molecule has 110 valence electrons. The van der Waals surface area contributed by atoms with Crippen LogP contribution < -0.4 is 14.9 Å². The maximum Gasteiger partial charge on any atom is 0.461 e. The first-order valence-corrected chi connectivity index (χ1v) is 7.59. The molecule has 21 heavy (non-hydrogen) atoms. The first-order valence-electron chi connectivity index (χ1n) is 7.21. The molecular formula is C14H15ClN4O2. The lowest BCUT2D eigenvalue weighted by Crippen LogP contribution is -2.46. The lowest BCUT2D eigenvalue weighted by molar-refractivity contribution is -0.672. The van der Waals surface area contributed by atoms with E-state index in [1.165, 1.54) is 25.3 Å². The van der Waals surface area contributed by atoms with Crippen LogP contribution >= 0.6 is 11.6 Å². The van der Waals surface area contributed by atoms with E-state index in [2.05, 4.69) is 10.4 Å². The first-order chi connectivity index (χ1) is 10.1. The van der Waals surface area contributed by atoms with Crippen LogP contribution in [-0.4, -0.2) is 11.1 Å². The fraction of sp³-hybridized carbons (Fsp3) is 0.500. The second kappa shape index (κ2) is 4.59. The van der Waals surface area contributed by atoms with Gasteiger partial charge in [0.05, 0.1) is 6.04 Å².